The van der Waals surface area contributed by atoms with E-state index in [1.165, 1.54) is 135 Å². The third-order valence-corrected chi connectivity index (χ3v) is 13.3. The summed E-state index contributed by atoms with van der Waals surface area (Å²) in [5.74, 6) is -0.553. The average Bonchev–Trinajstić information content (AvgIpc) is 3.28. The van der Waals surface area contributed by atoms with Crippen molar-refractivity contribution < 1.29 is 37.3 Å². The molecule has 0 aliphatic heterocycles. The maximum Gasteiger partial charge on any atom is 0.472 e. The second-order valence-corrected chi connectivity index (χ2v) is 21.6. The second kappa shape index (κ2) is 47.6. The maximum absolute atomic E-state index is 13.5. The maximum atomic E-state index is 13.5. The molecule has 10 heteroatoms. The standard InChI is InChI=1S/C57H107N2O7P/c1-7-10-13-16-19-22-25-27-29-30-31-34-37-40-43-46-49-56(60)58-54(53-65-67(62,63)64-52-51-59(4,5)6)55(48-45-42-39-36-33-24-21-18-15-12-9-3)66-57(61)50-47-44-41-38-35-32-28-26-23-20-17-14-11-8-2/h29-32,34-35,45,48,54-55H,7-28,33,36-44,46-47,49-53H2,1-6H3,(H-,58,60,62,63)/p+1/b30-29+,34-31+,35-32-,48-45+. The topological polar surface area (TPSA) is 111 Å². The van der Waals surface area contributed by atoms with Gasteiger partial charge in [0.2, 0.25) is 5.91 Å². The minimum Gasteiger partial charge on any atom is -0.456 e. The summed E-state index contributed by atoms with van der Waals surface area (Å²) in [5, 5.41) is 3.02. The van der Waals surface area contributed by atoms with E-state index < -0.39 is 20.0 Å². The third kappa shape index (κ3) is 48.8. The van der Waals surface area contributed by atoms with Gasteiger partial charge in [0.05, 0.1) is 33.8 Å². The first-order chi connectivity index (χ1) is 32.4. The number of likely N-dealkylation sites (N-methyl/N-ethyl adjacent to an activating group) is 1. The number of rotatable bonds is 50. The molecular formula is C57H108N2O7P+. The highest BCUT2D eigenvalue weighted by Gasteiger charge is 2.30. The zero-order valence-corrected chi connectivity index (χ0v) is 45.5. The Balaban J connectivity index is 5.42. The highest BCUT2D eigenvalue weighted by Crippen LogP contribution is 2.43. The van der Waals surface area contributed by atoms with Gasteiger partial charge in [0.25, 0.3) is 0 Å². The lowest BCUT2D eigenvalue weighted by molar-refractivity contribution is -0.870. The molecule has 0 saturated heterocycles. The van der Waals surface area contributed by atoms with Gasteiger partial charge in [0, 0.05) is 12.8 Å². The Kier molecular flexibility index (Phi) is 46.2. The number of carbonyl (C=O) groups is 2. The van der Waals surface area contributed by atoms with Crippen molar-refractivity contribution >= 4 is 19.7 Å². The van der Waals surface area contributed by atoms with E-state index in [2.05, 4.69) is 62.5 Å². The molecular weight excluding hydrogens is 856 g/mol. The summed E-state index contributed by atoms with van der Waals surface area (Å²) in [6.45, 7) is 6.96. The summed E-state index contributed by atoms with van der Waals surface area (Å²) in [6.07, 6.45) is 56.8. The molecule has 67 heavy (non-hydrogen) atoms. The Morgan fingerprint density at radius 1 is 0.522 bits per heavy atom. The Hall–Kier alpha value is -2.03. The van der Waals surface area contributed by atoms with Crippen LogP contribution in [0.2, 0.25) is 0 Å². The van der Waals surface area contributed by atoms with Crippen molar-refractivity contribution in [1.82, 2.24) is 5.32 Å². The first-order valence-electron chi connectivity index (χ1n) is 28.0. The fraction of sp³-hybridized carbons (Fsp3) is 0.825. The zero-order valence-electron chi connectivity index (χ0n) is 44.6. The van der Waals surface area contributed by atoms with Crippen LogP contribution in [0.1, 0.15) is 252 Å². The van der Waals surface area contributed by atoms with Gasteiger partial charge in [0.15, 0.2) is 0 Å². The van der Waals surface area contributed by atoms with Crippen molar-refractivity contribution in [2.24, 2.45) is 0 Å². The van der Waals surface area contributed by atoms with E-state index in [0.29, 0.717) is 30.3 Å². The number of nitrogens with zero attached hydrogens (tertiary/aromatic N) is 1. The molecule has 0 heterocycles. The molecule has 0 aromatic rings. The molecule has 0 aliphatic rings. The molecule has 1 amide bonds. The molecule has 3 atom stereocenters. The highest BCUT2D eigenvalue weighted by atomic mass is 31.2. The normalized spacial score (nSPS) is 14.2. The van der Waals surface area contributed by atoms with E-state index in [1.807, 2.05) is 33.3 Å². The van der Waals surface area contributed by atoms with Crippen molar-refractivity contribution in [3.8, 4) is 0 Å². The first-order valence-corrected chi connectivity index (χ1v) is 29.5. The van der Waals surface area contributed by atoms with E-state index in [9.17, 15) is 19.0 Å². The van der Waals surface area contributed by atoms with Gasteiger partial charge in [-0.25, -0.2) is 4.57 Å². The summed E-state index contributed by atoms with van der Waals surface area (Å²) in [5.41, 5.74) is 0. The van der Waals surface area contributed by atoms with Crippen molar-refractivity contribution in [2.75, 3.05) is 40.9 Å². The molecule has 0 fully saturated rings. The molecule has 2 N–H and O–H groups in total. The molecule has 3 unspecified atom stereocenters. The fourth-order valence-corrected chi connectivity index (χ4v) is 8.60. The van der Waals surface area contributed by atoms with Crippen LogP contribution in [-0.2, 0) is 27.9 Å². The van der Waals surface area contributed by atoms with Crippen molar-refractivity contribution in [1.29, 1.82) is 0 Å². The number of nitrogens with one attached hydrogen (secondary N) is 1. The SMILES string of the molecule is CCCCCCCCC/C=C\CCCCCC(=O)OC(/C=C/CCCCCCCCCCC)C(COP(=O)(O)OCC[N+](C)(C)C)NC(=O)CCCCC/C=C/C=C/CCCCCCCCC. The van der Waals surface area contributed by atoms with Crippen LogP contribution in [-0.4, -0.2) is 74.3 Å². The number of unbranched alkanes of at least 4 members (excludes halogenated alkanes) is 29. The van der Waals surface area contributed by atoms with Crippen molar-refractivity contribution in [2.45, 2.75) is 264 Å². The molecule has 0 bridgehead atoms. The zero-order chi connectivity index (χ0) is 49.4. The van der Waals surface area contributed by atoms with Gasteiger partial charge < -0.3 is 19.4 Å². The lowest BCUT2D eigenvalue weighted by Crippen LogP contribution is -2.47. The predicted octanol–water partition coefficient (Wildman–Crippen LogP) is 16.6. The lowest BCUT2D eigenvalue weighted by atomic mass is 10.1. The largest absolute Gasteiger partial charge is 0.472 e. The number of ether oxygens (including phenoxy) is 1. The number of hydrogen-bond acceptors (Lipinski definition) is 6. The quantitative estimate of drug-likeness (QED) is 0.0156. The van der Waals surface area contributed by atoms with E-state index in [0.717, 1.165) is 70.6 Å². The summed E-state index contributed by atoms with van der Waals surface area (Å²) in [7, 11) is 1.47. The Labute approximate surface area is 414 Å². The molecule has 0 aromatic heterocycles. The van der Waals surface area contributed by atoms with Crippen LogP contribution in [0, 0.1) is 0 Å². The number of allylic oxidation sites excluding steroid dienone is 7. The van der Waals surface area contributed by atoms with Gasteiger partial charge in [-0.3, -0.25) is 18.6 Å². The number of phosphoric ester groups is 1. The number of phosphoric acid groups is 1. The van der Waals surface area contributed by atoms with Gasteiger partial charge in [-0.2, -0.15) is 0 Å². The summed E-state index contributed by atoms with van der Waals surface area (Å²) < 4.78 is 30.5. The lowest BCUT2D eigenvalue weighted by Gasteiger charge is -2.27. The summed E-state index contributed by atoms with van der Waals surface area (Å²) >= 11 is 0. The molecule has 0 radical (unpaired) electrons. The minimum absolute atomic E-state index is 0.0328. The van der Waals surface area contributed by atoms with Crippen LogP contribution in [0.25, 0.3) is 0 Å². The van der Waals surface area contributed by atoms with Crippen molar-refractivity contribution in [3.63, 3.8) is 0 Å². The number of hydrogen-bond donors (Lipinski definition) is 2. The van der Waals surface area contributed by atoms with Gasteiger partial charge in [-0.05, 0) is 83.1 Å². The van der Waals surface area contributed by atoms with Crippen LogP contribution in [0.15, 0.2) is 48.6 Å². The molecule has 0 aromatic carbocycles. The average molecular weight is 964 g/mol. The third-order valence-electron chi connectivity index (χ3n) is 12.3. The van der Waals surface area contributed by atoms with Gasteiger partial charge in [-0.15, -0.1) is 0 Å². The molecule has 9 nitrogen and oxygen atoms in total. The first kappa shape index (κ1) is 65.0. The Morgan fingerprint density at radius 3 is 1.36 bits per heavy atom. The van der Waals surface area contributed by atoms with Crippen LogP contribution in [0.3, 0.4) is 0 Å². The molecule has 0 aliphatic carbocycles. The van der Waals surface area contributed by atoms with E-state index in [-0.39, 0.29) is 31.5 Å². The molecule has 0 spiro atoms. The second-order valence-electron chi connectivity index (χ2n) is 20.1. The molecule has 392 valence electrons. The van der Waals surface area contributed by atoms with Gasteiger partial charge in [0.1, 0.15) is 19.3 Å². The van der Waals surface area contributed by atoms with Crippen LogP contribution in [0.5, 0.6) is 0 Å². The monoisotopic (exact) mass is 964 g/mol. The van der Waals surface area contributed by atoms with Crippen LogP contribution < -0.4 is 5.32 Å². The van der Waals surface area contributed by atoms with Gasteiger partial charge >= 0.3 is 13.8 Å². The molecule has 0 rings (SSSR count). The number of esters is 1. The smallest absolute Gasteiger partial charge is 0.456 e. The summed E-state index contributed by atoms with van der Waals surface area (Å²) in [4.78, 5) is 37.5. The number of quaternary nitrogens is 1. The van der Waals surface area contributed by atoms with E-state index >= 15 is 0 Å². The number of carbonyl (C=O) groups excluding carboxylic acids is 2. The number of amides is 1. The van der Waals surface area contributed by atoms with Crippen molar-refractivity contribution in [3.05, 3.63) is 48.6 Å². The fourth-order valence-electron chi connectivity index (χ4n) is 7.87. The van der Waals surface area contributed by atoms with Crippen LogP contribution >= 0.6 is 7.82 Å². The van der Waals surface area contributed by atoms with Gasteiger partial charge in [-0.1, -0.05) is 205 Å². The summed E-state index contributed by atoms with van der Waals surface area (Å²) in [6, 6.07) is -0.865. The Bertz CT molecular complexity index is 1290. The Morgan fingerprint density at radius 2 is 0.910 bits per heavy atom. The van der Waals surface area contributed by atoms with E-state index in [1.54, 1.807) is 0 Å². The van der Waals surface area contributed by atoms with E-state index in [4.69, 9.17) is 13.8 Å². The highest BCUT2D eigenvalue weighted by molar-refractivity contribution is 7.47. The molecule has 0 saturated carbocycles. The predicted molar refractivity (Wildman–Crippen MR) is 286 cm³/mol. The minimum atomic E-state index is -4.45. The van der Waals surface area contributed by atoms with Crippen LogP contribution in [0.4, 0.5) is 0 Å².